The molecule has 1 atom stereocenters. The van der Waals surface area contributed by atoms with Crippen LogP contribution in [0.5, 0.6) is 0 Å². The Labute approximate surface area is 113 Å². The first kappa shape index (κ1) is 13.3. The molecule has 2 N–H and O–H groups in total. The third kappa shape index (κ3) is 3.91. The molecular weight excluding hydrogens is 274 g/mol. The summed E-state index contributed by atoms with van der Waals surface area (Å²) >= 11 is 5.31. The van der Waals surface area contributed by atoms with Crippen molar-refractivity contribution in [2.75, 3.05) is 23.8 Å². The molecule has 1 aliphatic heterocycles. The maximum absolute atomic E-state index is 10.9. The predicted octanol–water partition coefficient (Wildman–Crippen LogP) is 2.38. The van der Waals surface area contributed by atoms with E-state index >= 15 is 0 Å². The van der Waals surface area contributed by atoms with E-state index in [1.807, 2.05) is 35.0 Å². The highest BCUT2D eigenvalue weighted by Crippen LogP contribution is 2.23. The first-order chi connectivity index (χ1) is 8.27. The maximum atomic E-state index is 10.9. The summed E-state index contributed by atoms with van der Waals surface area (Å²) in [6.45, 7) is 1.62. The van der Waals surface area contributed by atoms with Crippen LogP contribution < -0.4 is 5.32 Å². The maximum Gasteiger partial charge on any atom is 0.346 e. The Morgan fingerprint density at radius 2 is 2.41 bits per heavy atom. The summed E-state index contributed by atoms with van der Waals surface area (Å²) in [6, 6.07) is 1.89. The minimum atomic E-state index is -0.820. The highest BCUT2D eigenvalue weighted by molar-refractivity contribution is 8.06. The number of aromatic carboxylic acids is 1. The predicted molar refractivity (Wildman–Crippen MR) is 76.6 cm³/mol. The zero-order chi connectivity index (χ0) is 12.1. The zero-order valence-corrected chi connectivity index (χ0v) is 11.8. The lowest BCUT2D eigenvalue weighted by Crippen LogP contribution is -2.28. The van der Waals surface area contributed by atoms with Crippen LogP contribution >= 0.6 is 34.9 Å². The molecule has 6 heteroatoms. The van der Waals surface area contributed by atoms with Crippen LogP contribution in [0.3, 0.4) is 0 Å². The zero-order valence-electron chi connectivity index (χ0n) is 9.35. The first-order valence-corrected chi connectivity index (χ1v) is 8.55. The molecule has 0 radical (unpaired) electrons. The van der Waals surface area contributed by atoms with E-state index < -0.39 is 5.97 Å². The van der Waals surface area contributed by atoms with Crippen LogP contribution in [-0.2, 0) is 6.54 Å². The summed E-state index contributed by atoms with van der Waals surface area (Å²) in [5.41, 5.74) is 0.899. The summed E-state index contributed by atoms with van der Waals surface area (Å²) in [4.78, 5) is 11.4. The smallest absolute Gasteiger partial charge is 0.346 e. The molecule has 0 bridgehead atoms. The highest BCUT2D eigenvalue weighted by Gasteiger charge is 2.15. The second-order valence-corrected chi connectivity index (χ2v) is 7.25. The van der Waals surface area contributed by atoms with Crippen molar-refractivity contribution in [3.8, 4) is 0 Å². The van der Waals surface area contributed by atoms with Crippen molar-refractivity contribution in [3.63, 3.8) is 0 Å². The summed E-state index contributed by atoms with van der Waals surface area (Å²) in [7, 11) is 0. The van der Waals surface area contributed by atoms with Crippen molar-refractivity contribution in [2.45, 2.75) is 11.8 Å². The van der Waals surface area contributed by atoms with Crippen molar-refractivity contribution in [1.29, 1.82) is 0 Å². The van der Waals surface area contributed by atoms with Gasteiger partial charge in [0.25, 0.3) is 0 Å². The van der Waals surface area contributed by atoms with Crippen molar-refractivity contribution in [3.05, 3.63) is 21.9 Å². The molecule has 0 spiro atoms. The van der Waals surface area contributed by atoms with Gasteiger partial charge in [-0.15, -0.1) is 11.3 Å². The standard InChI is InChI=1S/C11H15NO2S3/c13-11(14)10-8(1-2-17-10)5-12-6-9-7-15-3-4-16-9/h1-2,9,12H,3-7H2,(H,13,14). The van der Waals surface area contributed by atoms with Gasteiger partial charge < -0.3 is 10.4 Å². The van der Waals surface area contributed by atoms with Gasteiger partial charge in [-0.1, -0.05) is 0 Å². The van der Waals surface area contributed by atoms with E-state index in [0.29, 0.717) is 16.7 Å². The first-order valence-electron chi connectivity index (χ1n) is 5.47. The van der Waals surface area contributed by atoms with Gasteiger partial charge in [-0.2, -0.15) is 23.5 Å². The minimum absolute atomic E-state index is 0.461. The summed E-state index contributed by atoms with van der Waals surface area (Å²) in [6.07, 6.45) is 0. The molecule has 0 aliphatic carbocycles. The summed E-state index contributed by atoms with van der Waals surface area (Å²) in [5, 5.41) is 14.8. The largest absolute Gasteiger partial charge is 0.477 e. The van der Waals surface area contributed by atoms with Gasteiger partial charge in [-0.3, -0.25) is 0 Å². The molecule has 17 heavy (non-hydrogen) atoms. The van der Waals surface area contributed by atoms with E-state index in [2.05, 4.69) is 5.32 Å². The molecule has 94 valence electrons. The Hall–Kier alpha value is -0.170. The number of hydrogen-bond donors (Lipinski definition) is 2. The number of nitrogens with one attached hydrogen (secondary N) is 1. The van der Waals surface area contributed by atoms with E-state index in [1.54, 1.807) is 0 Å². The van der Waals surface area contributed by atoms with E-state index in [0.717, 1.165) is 12.1 Å². The fourth-order valence-electron chi connectivity index (χ4n) is 1.68. The van der Waals surface area contributed by atoms with Crippen molar-refractivity contribution < 1.29 is 9.90 Å². The van der Waals surface area contributed by atoms with Gasteiger partial charge in [0.2, 0.25) is 0 Å². The van der Waals surface area contributed by atoms with Crippen LogP contribution in [0.15, 0.2) is 11.4 Å². The average molecular weight is 289 g/mol. The van der Waals surface area contributed by atoms with Gasteiger partial charge in [-0.25, -0.2) is 4.79 Å². The topological polar surface area (TPSA) is 49.3 Å². The SMILES string of the molecule is O=C(O)c1sccc1CNCC1CSCCS1. The third-order valence-electron chi connectivity index (χ3n) is 2.51. The Balaban J connectivity index is 1.77. The molecule has 1 aliphatic rings. The fraction of sp³-hybridized carbons (Fsp3) is 0.545. The number of carboxylic acids is 1. The van der Waals surface area contributed by atoms with Gasteiger partial charge in [0.1, 0.15) is 4.88 Å². The van der Waals surface area contributed by atoms with Crippen LogP contribution in [0.25, 0.3) is 0 Å². The Kier molecular flexibility index (Phi) is 5.21. The lowest BCUT2D eigenvalue weighted by Gasteiger charge is -2.21. The molecule has 1 fully saturated rings. The normalized spacial score (nSPS) is 20.4. The van der Waals surface area contributed by atoms with E-state index in [1.165, 1.54) is 28.6 Å². The molecule has 1 saturated heterocycles. The van der Waals surface area contributed by atoms with Crippen molar-refractivity contribution in [1.82, 2.24) is 5.32 Å². The number of carboxylic acid groups (broad SMARTS) is 1. The Morgan fingerprint density at radius 3 is 3.12 bits per heavy atom. The molecule has 2 rings (SSSR count). The molecule has 0 saturated carbocycles. The summed E-state index contributed by atoms with van der Waals surface area (Å²) < 4.78 is 0. The number of rotatable bonds is 5. The molecular formula is C11H15NO2S3. The molecule has 3 nitrogen and oxygen atoms in total. The Bertz CT molecular complexity index is 375. The van der Waals surface area contributed by atoms with E-state index in [4.69, 9.17) is 5.11 Å². The molecule has 0 amide bonds. The van der Waals surface area contributed by atoms with Crippen LogP contribution in [0, 0.1) is 0 Å². The van der Waals surface area contributed by atoms with Gasteiger partial charge in [0.05, 0.1) is 0 Å². The van der Waals surface area contributed by atoms with Gasteiger partial charge in [0, 0.05) is 35.6 Å². The lowest BCUT2D eigenvalue weighted by atomic mass is 10.2. The van der Waals surface area contributed by atoms with Gasteiger partial charge >= 0.3 is 5.97 Å². The quantitative estimate of drug-likeness (QED) is 0.871. The molecule has 1 aromatic rings. The van der Waals surface area contributed by atoms with Crippen LogP contribution in [-0.4, -0.2) is 40.1 Å². The summed E-state index contributed by atoms with van der Waals surface area (Å²) in [5.74, 6) is 2.87. The number of thioether (sulfide) groups is 2. The van der Waals surface area contributed by atoms with Crippen molar-refractivity contribution >= 4 is 40.8 Å². The number of hydrogen-bond acceptors (Lipinski definition) is 5. The third-order valence-corrected chi connectivity index (χ3v) is 6.30. The van der Waals surface area contributed by atoms with Crippen molar-refractivity contribution in [2.24, 2.45) is 0 Å². The lowest BCUT2D eigenvalue weighted by molar-refractivity contribution is 0.0701. The second-order valence-electron chi connectivity index (χ2n) is 3.78. The molecule has 1 aromatic heterocycles. The minimum Gasteiger partial charge on any atom is -0.477 e. The van der Waals surface area contributed by atoms with Crippen LogP contribution in [0.2, 0.25) is 0 Å². The number of carbonyl (C=O) groups is 1. The van der Waals surface area contributed by atoms with Gasteiger partial charge in [-0.05, 0) is 17.0 Å². The second kappa shape index (κ2) is 6.68. The van der Waals surface area contributed by atoms with E-state index in [9.17, 15) is 4.79 Å². The monoisotopic (exact) mass is 289 g/mol. The highest BCUT2D eigenvalue weighted by atomic mass is 32.2. The average Bonchev–Trinajstić information content (AvgIpc) is 2.79. The Morgan fingerprint density at radius 1 is 1.53 bits per heavy atom. The van der Waals surface area contributed by atoms with Crippen LogP contribution in [0.4, 0.5) is 0 Å². The molecule has 2 heterocycles. The fourth-order valence-corrected chi connectivity index (χ4v) is 5.09. The molecule has 1 unspecified atom stereocenters. The van der Waals surface area contributed by atoms with Crippen LogP contribution in [0.1, 0.15) is 15.2 Å². The number of thiophene rings is 1. The van der Waals surface area contributed by atoms with E-state index in [-0.39, 0.29) is 0 Å². The van der Waals surface area contributed by atoms with Gasteiger partial charge in [0.15, 0.2) is 0 Å². The molecule has 0 aromatic carbocycles.